The van der Waals surface area contributed by atoms with Crippen LogP contribution in [0.25, 0.3) is 0 Å². The molecule has 1 unspecified atom stereocenters. The molecule has 2 rings (SSSR count). The van der Waals surface area contributed by atoms with Crippen molar-refractivity contribution in [2.45, 2.75) is 31.8 Å². The molecule has 2 N–H and O–H groups in total. The Morgan fingerprint density at radius 3 is 2.90 bits per heavy atom. The highest BCUT2D eigenvalue weighted by molar-refractivity contribution is 5.92. The van der Waals surface area contributed by atoms with Crippen molar-refractivity contribution >= 4 is 11.6 Å². The quantitative estimate of drug-likeness (QED) is 0.765. The lowest BCUT2D eigenvalue weighted by Crippen LogP contribution is -2.41. The normalized spacial score (nSPS) is 15.8. The van der Waals surface area contributed by atoms with Crippen molar-refractivity contribution in [2.75, 3.05) is 32.6 Å². The van der Waals surface area contributed by atoms with E-state index in [-0.39, 0.29) is 5.91 Å². The van der Waals surface area contributed by atoms with E-state index in [9.17, 15) is 4.79 Å². The summed E-state index contributed by atoms with van der Waals surface area (Å²) in [6.07, 6.45) is 2.61. The van der Waals surface area contributed by atoms with Crippen molar-refractivity contribution in [1.29, 1.82) is 0 Å². The average molecular weight is 291 g/mol. The predicted molar refractivity (Wildman–Crippen MR) is 84.7 cm³/mol. The first-order valence-electron chi connectivity index (χ1n) is 7.46. The molecule has 0 bridgehead atoms. The predicted octanol–water partition coefficient (Wildman–Crippen LogP) is 1.71. The highest BCUT2D eigenvalue weighted by Crippen LogP contribution is 2.26. The molecule has 1 amide bonds. The van der Waals surface area contributed by atoms with E-state index in [0.29, 0.717) is 12.6 Å². The monoisotopic (exact) mass is 291 g/mol. The van der Waals surface area contributed by atoms with Gasteiger partial charge in [0.05, 0.1) is 13.7 Å². The van der Waals surface area contributed by atoms with E-state index in [1.54, 1.807) is 13.2 Å². The van der Waals surface area contributed by atoms with Gasteiger partial charge in [-0.15, -0.1) is 0 Å². The van der Waals surface area contributed by atoms with Crippen molar-refractivity contribution in [2.24, 2.45) is 0 Å². The van der Waals surface area contributed by atoms with Crippen LogP contribution in [0.5, 0.6) is 5.75 Å². The molecule has 1 aromatic rings. The Morgan fingerprint density at radius 1 is 1.48 bits per heavy atom. The minimum atomic E-state index is -0.0375. The number of likely N-dealkylation sites (N-methyl/N-ethyl adjacent to an activating group) is 1. The maximum atomic E-state index is 11.9. The molecule has 0 saturated heterocycles. The van der Waals surface area contributed by atoms with Gasteiger partial charge in [-0.05, 0) is 38.9 Å². The molecular weight excluding hydrogens is 266 g/mol. The number of methoxy groups -OCH3 is 1. The van der Waals surface area contributed by atoms with Crippen LogP contribution >= 0.6 is 0 Å². The van der Waals surface area contributed by atoms with Crippen LogP contribution in [0.2, 0.25) is 0 Å². The van der Waals surface area contributed by atoms with Crippen LogP contribution in [0, 0.1) is 0 Å². The standard InChI is InChI=1S/C16H25N3O2/c1-12(19(2)14-7-8-14)10-17-11-16(20)18-13-5-4-6-15(9-13)21-3/h4-6,9,12,14,17H,7-8,10-11H2,1-3H3,(H,18,20). The van der Waals surface area contributed by atoms with E-state index in [4.69, 9.17) is 4.74 Å². The summed E-state index contributed by atoms with van der Waals surface area (Å²) in [6.45, 7) is 3.32. The minimum absolute atomic E-state index is 0.0375. The molecule has 0 radical (unpaired) electrons. The molecule has 1 fully saturated rings. The van der Waals surface area contributed by atoms with Gasteiger partial charge in [0.25, 0.3) is 0 Å². The van der Waals surface area contributed by atoms with E-state index < -0.39 is 0 Å². The zero-order valence-electron chi connectivity index (χ0n) is 13.1. The fraction of sp³-hybridized carbons (Fsp3) is 0.562. The number of ether oxygens (including phenoxy) is 1. The topological polar surface area (TPSA) is 53.6 Å². The fourth-order valence-electron chi connectivity index (χ4n) is 2.29. The lowest BCUT2D eigenvalue weighted by Gasteiger charge is -2.24. The minimum Gasteiger partial charge on any atom is -0.497 e. The van der Waals surface area contributed by atoms with Gasteiger partial charge >= 0.3 is 0 Å². The number of nitrogens with one attached hydrogen (secondary N) is 2. The number of hydrogen-bond donors (Lipinski definition) is 2. The summed E-state index contributed by atoms with van der Waals surface area (Å²) >= 11 is 0. The van der Waals surface area contributed by atoms with Crippen molar-refractivity contribution < 1.29 is 9.53 Å². The highest BCUT2D eigenvalue weighted by Gasteiger charge is 2.28. The van der Waals surface area contributed by atoms with E-state index in [1.807, 2.05) is 18.2 Å². The Morgan fingerprint density at radius 2 is 2.24 bits per heavy atom. The first kappa shape index (κ1) is 15.8. The number of nitrogens with zero attached hydrogens (tertiary/aromatic N) is 1. The van der Waals surface area contributed by atoms with Crippen molar-refractivity contribution in [3.8, 4) is 5.75 Å². The van der Waals surface area contributed by atoms with Gasteiger partial charge < -0.3 is 15.4 Å². The van der Waals surface area contributed by atoms with Gasteiger partial charge in [0, 0.05) is 30.4 Å². The number of carbonyl (C=O) groups is 1. The Bertz CT molecular complexity index is 474. The molecule has 1 aliphatic rings. The summed E-state index contributed by atoms with van der Waals surface area (Å²) in [5.41, 5.74) is 0.754. The van der Waals surface area contributed by atoms with Crippen molar-refractivity contribution in [1.82, 2.24) is 10.2 Å². The summed E-state index contributed by atoms with van der Waals surface area (Å²) in [5, 5.41) is 6.07. The summed E-state index contributed by atoms with van der Waals surface area (Å²) in [4.78, 5) is 14.3. The lowest BCUT2D eigenvalue weighted by molar-refractivity contribution is -0.115. The Balaban J connectivity index is 1.69. The first-order chi connectivity index (χ1) is 10.1. The zero-order valence-corrected chi connectivity index (χ0v) is 13.1. The van der Waals surface area contributed by atoms with Gasteiger partial charge in [-0.3, -0.25) is 9.69 Å². The van der Waals surface area contributed by atoms with Crippen LogP contribution in [0.15, 0.2) is 24.3 Å². The summed E-state index contributed by atoms with van der Waals surface area (Å²) < 4.78 is 5.13. The third-order valence-electron chi connectivity index (χ3n) is 3.90. The van der Waals surface area contributed by atoms with Gasteiger partial charge in [-0.2, -0.15) is 0 Å². The fourth-order valence-corrected chi connectivity index (χ4v) is 2.29. The zero-order chi connectivity index (χ0) is 15.2. The maximum absolute atomic E-state index is 11.9. The smallest absolute Gasteiger partial charge is 0.238 e. The van der Waals surface area contributed by atoms with E-state index >= 15 is 0 Å². The Hall–Kier alpha value is -1.59. The second-order valence-electron chi connectivity index (χ2n) is 5.66. The third kappa shape index (κ3) is 5.02. The van der Waals surface area contributed by atoms with Crippen LogP contribution < -0.4 is 15.4 Å². The molecule has 0 aliphatic heterocycles. The third-order valence-corrected chi connectivity index (χ3v) is 3.90. The second kappa shape index (κ2) is 7.43. The van der Waals surface area contributed by atoms with Gasteiger partial charge in [0.1, 0.15) is 5.75 Å². The molecule has 1 saturated carbocycles. The largest absolute Gasteiger partial charge is 0.497 e. The Kier molecular flexibility index (Phi) is 5.59. The number of amides is 1. The summed E-state index contributed by atoms with van der Waals surface area (Å²) in [6, 6.07) is 8.55. The van der Waals surface area contributed by atoms with Crippen LogP contribution in [0.1, 0.15) is 19.8 Å². The van der Waals surface area contributed by atoms with Crippen LogP contribution in [0.3, 0.4) is 0 Å². The summed E-state index contributed by atoms with van der Waals surface area (Å²) in [7, 11) is 3.76. The number of rotatable bonds is 8. The number of benzene rings is 1. The molecule has 1 atom stereocenters. The molecule has 0 spiro atoms. The molecule has 0 aromatic heterocycles. The number of anilines is 1. The van der Waals surface area contributed by atoms with E-state index in [1.165, 1.54) is 12.8 Å². The second-order valence-corrected chi connectivity index (χ2v) is 5.66. The van der Waals surface area contributed by atoms with E-state index in [0.717, 1.165) is 24.0 Å². The Labute approximate surface area is 126 Å². The van der Waals surface area contributed by atoms with Gasteiger partial charge in [0.15, 0.2) is 0 Å². The average Bonchev–Trinajstić information content (AvgIpc) is 3.31. The molecule has 0 heterocycles. The number of carbonyl (C=O) groups excluding carboxylic acids is 1. The highest BCUT2D eigenvalue weighted by atomic mass is 16.5. The molecule has 5 heteroatoms. The maximum Gasteiger partial charge on any atom is 0.238 e. The molecule has 116 valence electrons. The molecular formula is C16H25N3O2. The van der Waals surface area contributed by atoms with E-state index in [2.05, 4.69) is 29.5 Å². The van der Waals surface area contributed by atoms with Gasteiger partial charge in [-0.25, -0.2) is 0 Å². The number of hydrogen-bond acceptors (Lipinski definition) is 4. The van der Waals surface area contributed by atoms with Crippen molar-refractivity contribution in [3.63, 3.8) is 0 Å². The molecule has 1 aliphatic carbocycles. The molecule has 5 nitrogen and oxygen atoms in total. The SMILES string of the molecule is COc1cccc(NC(=O)CNCC(C)N(C)C2CC2)c1. The van der Waals surface area contributed by atoms with Crippen LogP contribution in [-0.4, -0.2) is 50.1 Å². The van der Waals surface area contributed by atoms with Crippen LogP contribution in [-0.2, 0) is 4.79 Å². The summed E-state index contributed by atoms with van der Waals surface area (Å²) in [5.74, 6) is 0.699. The van der Waals surface area contributed by atoms with Gasteiger partial charge in [-0.1, -0.05) is 6.07 Å². The lowest BCUT2D eigenvalue weighted by atomic mass is 10.3. The first-order valence-corrected chi connectivity index (χ1v) is 7.46. The van der Waals surface area contributed by atoms with Crippen LogP contribution in [0.4, 0.5) is 5.69 Å². The molecule has 1 aromatic carbocycles. The molecule has 21 heavy (non-hydrogen) atoms. The van der Waals surface area contributed by atoms with Crippen molar-refractivity contribution in [3.05, 3.63) is 24.3 Å². The van der Waals surface area contributed by atoms with Gasteiger partial charge in [0.2, 0.25) is 5.91 Å².